The zero-order valence-electron chi connectivity index (χ0n) is 18.0. The van der Waals surface area contributed by atoms with Gasteiger partial charge in [0.1, 0.15) is 0 Å². The number of anilines is 1. The van der Waals surface area contributed by atoms with E-state index in [0.717, 1.165) is 30.9 Å². The SMILES string of the molecule is CCc1ccc([C@@H](C(=O)Nc2cccc(CC3CC3)c2)[C@@H](C)C(F)(F)F)cc1.O=C(O)O. The molecule has 2 aromatic carbocycles. The van der Waals surface area contributed by atoms with Gasteiger partial charge in [-0.15, -0.1) is 0 Å². The number of hydrogen-bond donors (Lipinski definition) is 3. The Balaban J connectivity index is 0.000000837. The van der Waals surface area contributed by atoms with E-state index in [-0.39, 0.29) is 0 Å². The number of amides is 1. The fourth-order valence-corrected chi connectivity index (χ4v) is 3.47. The molecular weight excluding hydrogens is 423 g/mol. The number of carbonyl (C=O) groups excluding carboxylic acids is 1. The number of rotatable bonds is 7. The number of halogens is 3. The quantitative estimate of drug-likeness (QED) is 0.458. The zero-order chi connectivity index (χ0) is 23.9. The average molecular weight is 451 g/mol. The molecule has 1 aliphatic carbocycles. The summed E-state index contributed by atoms with van der Waals surface area (Å²) in [4.78, 5) is 21.4. The van der Waals surface area contributed by atoms with Crippen LogP contribution in [0.4, 0.5) is 23.7 Å². The molecule has 32 heavy (non-hydrogen) atoms. The lowest BCUT2D eigenvalue weighted by Crippen LogP contribution is -2.34. The molecule has 0 spiro atoms. The molecular formula is C24H28F3NO4. The number of benzene rings is 2. The van der Waals surface area contributed by atoms with Crippen LogP contribution in [-0.2, 0) is 17.6 Å². The van der Waals surface area contributed by atoms with Crippen molar-refractivity contribution in [3.8, 4) is 0 Å². The highest BCUT2D eigenvalue weighted by Crippen LogP contribution is 2.38. The van der Waals surface area contributed by atoms with Gasteiger partial charge in [-0.3, -0.25) is 4.79 Å². The number of aryl methyl sites for hydroxylation is 1. The van der Waals surface area contributed by atoms with Gasteiger partial charge in [-0.25, -0.2) is 4.79 Å². The summed E-state index contributed by atoms with van der Waals surface area (Å²) in [7, 11) is 0. The second kappa shape index (κ2) is 11.0. The first-order chi connectivity index (χ1) is 15.0. The minimum absolute atomic E-state index is 0.383. The van der Waals surface area contributed by atoms with Gasteiger partial charge in [0.25, 0.3) is 0 Å². The molecule has 0 heterocycles. The third-order valence-electron chi connectivity index (χ3n) is 5.46. The van der Waals surface area contributed by atoms with E-state index in [1.807, 2.05) is 25.1 Å². The van der Waals surface area contributed by atoms with Crippen LogP contribution in [0.25, 0.3) is 0 Å². The van der Waals surface area contributed by atoms with Crippen LogP contribution < -0.4 is 5.32 Å². The molecule has 2 aromatic rings. The lowest BCUT2D eigenvalue weighted by Gasteiger charge is -2.26. The van der Waals surface area contributed by atoms with Crippen LogP contribution in [0.15, 0.2) is 48.5 Å². The van der Waals surface area contributed by atoms with Crippen LogP contribution in [0.2, 0.25) is 0 Å². The third-order valence-corrected chi connectivity index (χ3v) is 5.46. The minimum Gasteiger partial charge on any atom is -0.450 e. The number of carboxylic acid groups (broad SMARTS) is 2. The smallest absolute Gasteiger partial charge is 0.450 e. The Morgan fingerprint density at radius 1 is 1.06 bits per heavy atom. The molecule has 5 nitrogen and oxygen atoms in total. The van der Waals surface area contributed by atoms with Gasteiger partial charge in [-0.05, 0) is 60.4 Å². The highest BCUT2D eigenvalue weighted by Gasteiger charge is 2.44. The van der Waals surface area contributed by atoms with Gasteiger partial charge < -0.3 is 15.5 Å². The van der Waals surface area contributed by atoms with E-state index in [0.29, 0.717) is 17.2 Å². The van der Waals surface area contributed by atoms with E-state index < -0.39 is 30.1 Å². The van der Waals surface area contributed by atoms with Crippen LogP contribution >= 0.6 is 0 Å². The summed E-state index contributed by atoms with van der Waals surface area (Å²) in [5.41, 5.74) is 3.06. The Bertz CT molecular complexity index is 904. The van der Waals surface area contributed by atoms with Crippen molar-refractivity contribution in [1.82, 2.24) is 0 Å². The van der Waals surface area contributed by atoms with Crippen LogP contribution in [0.3, 0.4) is 0 Å². The van der Waals surface area contributed by atoms with Gasteiger partial charge in [-0.2, -0.15) is 13.2 Å². The maximum Gasteiger partial charge on any atom is 0.503 e. The fraction of sp³-hybridized carbons (Fsp3) is 0.417. The zero-order valence-corrected chi connectivity index (χ0v) is 18.0. The van der Waals surface area contributed by atoms with E-state index in [9.17, 15) is 18.0 Å². The first-order valence-corrected chi connectivity index (χ1v) is 10.5. The van der Waals surface area contributed by atoms with E-state index in [1.54, 1.807) is 30.3 Å². The summed E-state index contributed by atoms with van der Waals surface area (Å²) in [5.74, 6) is -3.01. The molecule has 0 radical (unpaired) electrons. The lowest BCUT2D eigenvalue weighted by molar-refractivity contribution is -0.178. The van der Waals surface area contributed by atoms with Gasteiger partial charge in [0.05, 0.1) is 11.8 Å². The van der Waals surface area contributed by atoms with Crippen molar-refractivity contribution >= 4 is 17.7 Å². The highest BCUT2D eigenvalue weighted by atomic mass is 19.4. The largest absolute Gasteiger partial charge is 0.503 e. The van der Waals surface area contributed by atoms with Crippen LogP contribution in [0.1, 0.15) is 49.3 Å². The molecule has 1 fully saturated rings. The first kappa shape index (κ1) is 25.2. The molecule has 3 N–H and O–H groups in total. The molecule has 0 unspecified atom stereocenters. The number of carbonyl (C=O) groups is 2. The molecule has 0 aliphatic heterocycles. The van der Waals surface area contributed by atoms with Crippen molar-refractivity contribution in [3.63, 3.8) is 0 Å². The number of nitrogens with one attached hydrogen (secondary N) is 1. The molecule has 0 bridgehead atoms. The summed E-state index contributed by atoms with van der Waals surface area (Å²) < 4.78 is 40.4. The van der Waals surface area contributed by atoms with Crippen LogP contribution in [0, 0.1) is 11.8 Å². The highest BCUT2D eigenvalue weighted by molar-refractivity contribution is 5.96. The molecule has 1 saturated carbocycles. The van der Waals surface area contributed by atoms with Crippen molar-refractivity contribution < 1.29 is 33.0 Å². The van der Waals surface area contributed by atoms with Crippen molar-refractivity contribution in [3.05, 3.63) is 65.2 Å². The Morgan fingerprint density at radius 3 is 2.16 bits per heavy atom. The molecule has 3 rings (SSSR count). The van der Waals surface area contributed by atoms with E-state index in [4.69, 9.17) is 15.0 Å². The lowest BCUT2D eigenvalue weighted by atomic mass is 9.85. The second-order valence-electron chi connectivity index (χ2n) is 8.02. The Labute approximate surface area is 185 Å². The van der Waals surface area contributed by atoms with Crippen LogP contribution in [-0.4, -0.2) is 28.5 Å². The summed E-state index contributed by atoms with van der Waals surface area (Å²) in [6.45, 7) is 3.05. The van der Waals surface area contributed by atoms with Crippen molar-refractivity contribution in [1.29, 1.82) is 0 Å². The van der Waals surface area contributed by atoms with E-state index >= 15 is 0 Å². The first-order valence-electron chi connectivity index (χ1n) is 10.5. The Hall–Kier alpha value is -3.03. The normalized spacial score (nSPS) is 15.2. The summed E-state index contributed by atoms with van der Waals surface area (Å²) >= 11 is 0. The molecule has 174 valence electrons. The third kappa shape index (κ3) is 7.90. The van der Waals surface area contributed by atoms with Gasteiger partial charge in [-0.1, -0.05) is 50.2 Å². The standard InChI is InChI=1S/C23H26F3NO.CH2O3/c1-3-16-9-11-19(12-10-16)21(15(2)23(24,25)26)22(28)27-20-6-4-5-18(14-20)13-17-7-8-17;2-1(3)4/h4-6,9-12,14-15,17,21H,3,7-8,13H2,1-2H3,(H,27,28);(H2,2,3,4)/t15-,21+;/m1./s1. The van der Waals surface area contributed by atoms with E-state index in [2.05, 4.69) is 5.32 Å². The van der Waals surface area contributed by atoms with Crippen molar-refractivity contribution in [2.24, 2.45) is 11.8 Å². The molecule has 0 saturated heterocycles. The Morgan fingerprint density at radius 2 is 1.66 bits per heavy atom. The Kier molecular flexibility index (Phi) is 8.69. The summed E-state index contributed by atoms with van der Waals surface area (Å²) in [6, 6.07) is 14.3. The summed E-state index contributed by atoms with van der Waals surface area (Å²) in [5, 5.41) is 16.7. The van der Waals surface area contributed by atoms with Gasteiger partial charge in [0.15, 0.2) is 0 Å². The topological polar surface area (TPSA) is 86.6 Å². The van der Waals surface area contributed by atoms with Gasteiger partial charge in [0.2, 0.25) is 5.91 Å². The van der Waals surface area contributed by atoms with Gasteiger partial charge in [0, 0.05) is 5.69 Å². The molecule has 1 aliphatic rings. The van der Waals surface area contributed by atoms with Crippen molar-refractivity contribution in [2.75, 3.05) is 5.32 Å². The van der Waals surface area contributed by atoms with Crippen molar-refractivity contribution in [2.45, 2.75) is 51.6 Å². The predicted octanol–water partition coefficient (Wildman–Crippen LogP) is 6.34. The number of alkyl halides is 3. The predicted molar refractivity (Wildman–Crippen MR) is 116 cm³/mol. The fourth-order valence-electron chi connectivity index (χ4n) is 3.47. The molecule has 2 atom stereocenters. The van der Waals surface area contributed by atoms with Crippen LogP contribution in [0.5, 0.6) is 0 Å². The minimum atomic E-state index is -4.46. The number of hydrogen-bond acceptors (Lipinski definition) is 2. The molecule has 0 aromatic heterocycles. The maximum absolute atomic E-state index is 13.5. The monoisotopic (exact) mass is 451 g/mol. The van der Waals surface area contributed by atoms with E-state index in [1.165, 1.54) is 12.8 Å². The second-order valence-corrected chi connectivity index (χ2v) is 8.02. The molecule has 1 amide bonds. The summed E-state index contributed by atoms with van der Waals surface area (Å²) in [6.07, 6.45) is -2.12. The average Bonchev–Trinajstić information content (AvgIpc) is 3.52. The molecule has 8 heteroatoms. The maximum atomic E-state index is 13.5. The van der Waals surface area contributed by atoms with Gasteiger partial charge >= 0.3 is 12.3 Å².